The molecule has 0 amide bonds. The van der Waals surface area contributed by atoms with Crippen molar-refractivity contribution >= 4 is 10.0 Å². The Morgan fingerprint density at radius 3 is 2.56 bits per heavy atom. The molecule has 3 rings (SSSR count). The number of benzene rings is 1. The van der Waals surface area contributed by atoms with Gasteiger partial charge in [-0.15, -0.1) is 0 Å². The molecular formula is C14H17NO2S. The topological polar surface area (TPSA) is 37.4 Å². The van der Waals surface area contributed by atoms with Crippen LogP contribution in [0.15, 0.2) is 40.9 Å². The maximum absolute atomic E-state index is 12.6. The summed E-state index contributed by atoms with van der Waals surface area (Å²) in [6, 6.07) is 7.11. The zero-order valence-corrected chi connectivity index (χ0v) is 11.3. The summed E-state index contributed by atoms with van der Waals surface area (Å²) in [7, 11) is -3.34. The molecule has 1 atom stereocenters. The number of aryl methyl sites for hydroxylation is 1. The third-order valence-corrected chi connectivity index (χ3v) is 5.68. The Hall–Kier alpha value is -1.29. The van der Waals surface area contributed by atoms with Crippen LogP contribution in [0.25, 0.3) is 0 Å². The molecule has 96 valence electrons. The standard InChI is InChI=1S/C14H17NO2S/c1-11-4-7-13(8-5-11)18(16,17)15-10-2-3-12-6-9-14(12)15/h4-5,7-9,12H,2-3,6,10H2,1H3. The Morgan fingerprint density at radius 2 is 1.94 bits per heavy atom. The molecule has 0 aromatic heterocycles. The molecule has 1 saturated heterocycles. The van der Waals surface area contributed by atoms with E-state index >= 15 is 0 Å². The van der Waals surface area contributed by atoms with Gasteiger partial charge in [-0.05, 0) is 38.3 Å². The first-order valence-electron chi connectivity index (χ1n) is 6.38. The van der Waals surface area contributed by atoms with E-state index in [2.05, 4.69) is 6.08 Å². The molecular weight excluding hydrogens is 246 g/mol. The Labute approximate surface area is 108 Å². The van der Waals surface area contributed by atoms with E-state index in [1.807, 2.05) is 19.1 Å². The van der Waals surface area contributed by atoms with Gasteiger partial charge in [-0.1, -0.05) is 23.8 Å². The van der Waals surface area contributed by atoms with Crippen LogP contribution in [0.1, 0.15) is 24.8 Å². The summed E-state index contributed by atoms with van der Waals surface area (Å²) < 4.78 is 26.8. The van der Waals surface area contributed by atoms with E-state index in [1.165, 1.54) is 0 Å². The molecule has 1 aromatic carbocycles. The first kappa shape index (κ1) is 11.8. The number of hydrogen-bond donors (Lipinski definition) is 0. The lowest BCUT2D eigenvalue weighted by atomic mass is 9.84. The molecule has 0 saturated carbocycles. The van der Waals surface area contributed by atoms with Crippen molar-refractivity contribution in [3.05, 3.63) is 41.6 Å². The summed E-state index contributed by atoms with van der Waals surface area (Å²) in [6.45, 7) is 2.58. The minimum atomic E-state index is -3.34. The van der Waals surface area contributed by atoms with Crippen molar-refractivity contribution in [3.8, 4) is 0 Å². The molecule has 4 heteroatoms. The summed E-state index contributed by atoms with van der Waals surface area (Å²) in [5, 5.41) is 0. The van der Waals surface area contributed by atoms with Gasteiger partial charge in [-0.2, -0.15) is 0 Å². The molecule has 0 N–H and O–H groups in total. The fraction of sp³-hybridized carbons (Fsp3) is 0.429. The van der Waals surface area contributed by atoms with Crippen LogP contribution in [0.3, 0.4) is 0 Å². The van der Waals surface area contributed by atoms with Crippen molar-refractivity contribution in [1.29, 1.82) is 0 Å². The van der Waals surface area contributed by atoms with Gasteiger partial charge in [-0.25, -0.2) is 8.42 Å². The van der Waals surface area contributed by atoms with E-state index in [0.29, 0.717) is 17.4 Å². The third kappa shape index (κ3) is 1.75. The second-order valence-electron chi connectivity index (χ2n) is 5.09. The van der Waals surface area contributed by atoms with Crippen LogP contribution in [0.2, 0.25) is 0 Å². The molecule has 1 aliphatic carbocycles. The van der Waals surface area contributed by atoms with Crippen molar-refractivity contribution in [3.63, 3.8) is 0 Å². The summed E-state index contributed by atoms with van der Waals surface area (Å²) in [6.07, 6.45) is 5.18. The van der Waals surface area contributed by atoms with Gasteiger partial charge < -0.3 is 0 Å². The van der Waals surface area contributed by atoms with Gasteiger partial charge in [0.1, 0.15) is 0 Å². The Morgan fingerprint density at radius 1 is 1.22 bits per heavy atom. The minimum Gasteiger partial charge on any atom is -0.270 e. The first-order valence-corrected chi connectivity index (χ1v) is 7.82. The van der Waals surface area contributed by atoms with Crippen LogP contribution in [0, 0.1) is 12.8 Å². The van der Waals surface area contributed by atoms with Crippen molar-refractivity contribution in [1.82, 2.24) is 4.31 Å². The van der Waals surface area contributed by atoms with E-state index in [0.717, 1.165) is 30.5 Å². The first-order chi connectivity index (χ1) is 8.59. The summed E-state index contributed by atoms with van der Waals surface area (Å²) in [5.41, 5.74) is 2.09. The third-order valence-electron chi connectivity index (χ3n) is 3.84. The number of sulfonamides is 1. The monoisotopic (exact) mass is 263 g/mol. The molecule has 1 fully saturated rings. The maximum Gasteiger partial charge on any atom is 0.264 e. The molecule has 1 heterocycles. The average Bonchev–Trinajstić information content (AvgIpc) is 2.31. The highest BCUT2D eigenvalue weighted by molar-refractivity contribution is 7.89. The summed E-state index contributed by atoms with van der Waals surface area (Å²) in [4.78, 5) is 0.404. The zero-order chi connectivity index (χ0) is 12.8. The van der Waals surface area contributed by atoms with Gasteiger partial charge >= 0.3 is 0 Å². The van der Waals surface area contributed by atoms with Gasteiger partial charge in [0.25, 0.3) is 10.0 Å². The maximum atomic E-state index is 12.6. The largest absolute Gasteiger partial charge is 0.270 e. The number of fused-ring (bicyclic) bond motifs is 1. The van der Waals surface area contributed by atoms with Crippen LogP contribution in [0.5, 0.6) is 0 Å². The van der Waals surface area contributed by atoms with Crippen LogP contribution >= 0.6 is 0 Å². The van der Waals surface area contributed by atoms with Crippen molar-refractivity contribution < 1.29 is 8.42 Å². The van der Waals surface area contributed by atoms with Crippen LogP contribution in [0.4, 0.5) is 0 Å². The van der Waals surface area contributed by atoms with E-state index < -0.39 is 10.0 Å². The Kier molecular flexibility index (Phi) is 2.70. The molecule has 1 aliphatic heterocycles. The van der Waals surface area contributed by atoms with Crippen LogP contribution < -0.4 is 0 Å². The second-order valence-corrected chi connectivity index (χ2v) is 6.96. The lowest BCUT2D eigenvalue weighted by Gasteiger charge is -2.40. The molecule has 0 bridgehead atoms. The van der Waals surface area contributed by atoms with Crippen LogP contribution in [-0.4, -0.2) is 19.3 Å². The number of hydrogen-bond acceptors (Lipinski definition) is 2. The van der Waals surface area contributed by atoms with E-state index in [9.17, 15) is 8.42 Å². The fourth-order valence-electron chi connectivity index (χ4n) is 2.67. The number of rotatable bonds is 2. The predicted octanol–water partition coefficient (Wildman–Crippen LogP) is 2.68. The van der Waals surface area contributed by atoms with Crippen molar-refractivity contribution in [2.75, 3.05) is 6.54 Å². The molecule has 1 unspecified atom stereocenters. The highest BCUT2D eigenvalue weighted by atomic mass is 32.2. The minimum absolute atomic E-state index is 0.404. The fourth-order valence-corrected chi connectivity index (χ4v) is 4.27. The van der Waals surface area contributed by atoms with E-state index in [1.54, 1.807) is 16.4 Å². The highest BCUT2D eigenvalue weighted by Gasteiger charge is 2.36. The lowest BCUT2D eigenvalue weighted by molar-refractivity contribution is 0.305. The van der Waals surface area contributed by atoms with E-state index in [4.69, 9.17) is 0 Å². The van der Waals surface area contributed by atoms with Crippen molar-refractivity contribution in [2.24, 2.45) is 5.92 Å². The second kappa shape index (κ2) is 4.12. The molecule has 2 aliphatic rings. The van der Waals surface area contributed by atoms with Crippen LogP contribution in [-0.2, 0) is 10.0 Å². The Bertz CT molecular complexity index is 587. The zero-order valence-electron chi connectivity index (χ0n) is 10.5. The normalized spacial score (nSPS) is 23.1. The molecule has 18 heavy (non-hydrogen) atoms. The quantitative estimate of drug-likeness (QED) is 0.822. The van der Waals surface area contributed by atoms with Gasteiger partial charge in [0, 0.05) is 18.2 Å². The van der Waals surface area contributed by atoms with E-state index in [-0.39, 0.29) is 0 Å². The SMILES string of the molecule is Cc1ccc(S(=O)(=O)N2CCCC3CC=C32)cc1. The molecule has 3 nitrogen and oxygen atoms in total. The number of allylic oxidation sites excluding steroid dienone is 2. The number of piperidine rings is 1. The number of nitrogens with zero attached hydrogens (tertiary/aromatic N) is 1. The predicted molar refractivity (Wildman–Crippen MR) is 70.5 cm³/mol. The highest BCUT2D eigenvalue weighted by Crippen LogP contribution is 2.40. The van der Waals surface area contributed by atoms with Gasteiger partial charge in [0.2, 0.25) is 0 Å². The molecule has 0 spiro atoms. The van der Waals surface area contributed by atoms with Crippen molar-refractivity contribution in [2.45, 2.75) is 31.1 Å². The van der Waals surface area contributed by atoms with Gasteiger partial charge in [0.15, 0.2) is 0 Å². The Balaban J connectivity index is 1.97. The van der Waals surface area contributed by atoms with Gasteiger partial charge in [0.05, 0.1) is 4.90 Å². The average molecular weight is 263 g/mol. The molecule has 0 radical (unpaired) electrons. The van der Waals surface area contributed by atoms with Gasteiger partial charge in [-0.3, -0.25) is 4.31 Å². The smallest absolute Gasteiger partial charge is 0.264 e. The summed E-state index contributed by atoms with van der Waals surface area (Å²) >= 11 is 0. The lowest BCUT2D eigenvalue weighted by Crippen LogP contribution is -2.40. The summed E-state index contributed by atoms with van der Waals surface area (Å²) in [5.74, 6) is 0.471. The molecule has 1 aromatic rings.